The Balaban J connectivity index is 1.57. The van der Waals surface area contributed by atoms with Crippen molar-refractivity contribution in [1.82, 2.24) is 4.90 Å². The van der Waals surface area contributed by atoms with Gasteiger partial charge in [-0.15, -0.1) is 0 Å². The van der Waals surface area contributed by atoms with Crippen molar-refractivity contribution in [3.8, 4) is 5.75 Å². The van der Waals surface area contributed by atoms with Crippen molar-refractivity contribution in [3.63, 3.8) is 0 Å². The Hall–Kier alpha value is -1.67. The number of likely N-dealkylation sites (tertiary alicyclic amines) is 1. The lowest BCUT2D eigenvalue weighted by Crippen LogP contribution is -2.74. The molecule has 162 valence electrons. The van der Waals surface area contributed by atoms with Gasteiger partial charge in [0, 0.05) is 18.1 Å². The summed E-state index contributed by atoms with van der Waals surface area (Å²) in [4.78, 5) is 2.00. The Morgan fingerprint density at radius 2 is 1.80 bits per heavy atom. The van der Waals surface area contributed by atoms with Crippen molar-refractivity contribution in [2.45, 2.75) is 43.4 Å². The van der Waals surface area contributed by atoms with Crippen LogP contribution in [0.15, 0.2) is 42.5 Å². The van der Waals surface area contributed by atoms with Gasteiger partial charge in [-0.25, -0.2) is 0 Å². The van der Waals surface area contributed by atoms with Gasteiger partial charge in [-0.1, -0.05) is 35.9 Å². The van der Waals surface area contributed by atoms with Crippen molar-refractivity contribution in [3.05, 3.63) is 64.2 Å². The number of ether oxygens (including phenoxy) is 2. The Bertz CT molecular complexity index is 884. The topological polar surface area (TPSA) is 82.4 Å². The molecule has 2 saturated heterocycles. The third-order valence-corrected chi connectivity index (χ3v) is 6.36. The Kier molecular flexibility index (Phi) is 6.08. The van der Waals surface area contributed by atoms with Crippen LogP contribution in [0.5, 0.6) is 5.75 Å². The molecule has 0 bridgehead atoms. The maximum atomic E-state index is 10.6. The number of likely N-dealkylation sites (N-methyl/N-ethyl adjacent to an activating group) is 1. The minimum Gasteiger partial charge on any atom is -0.494 e. The van der Waals surface area contributed by atoms with Crippen LogP contribution in [0.4, 0.5) is 0 Å². The highest BCUT2D eigenvalue weighted by Crippen LogP contribution is 2.43. The number of hydrogen-bond acceptors (Lipinski definition) is 6. The van der Waals surface area contributed by atoms with E-state index in [0.29, 0.717) is 31.1 Å². The molecule has 0 unspecified atom stereocenters. The van der Waals surface area contributed by atoms with E-state index in [4.69, 9.17) is 21.1 Å². The van der Waals surface area contributed by atoms with Gasteiger partial charge in [-0.3, -0.25) is 0 Å². The van der Waals surface area contributed by atoms with Crippen LogP contribution >= 0.6 is 11.6 Å². The molecule has 4 rings (SSSR count). The van der Waals surface area contributed by atoms with Crippen LogP contribution in [0.25, 0.3) is 0 Å². The fourth-order valence-electron chi connectivity index (χ4n) is 4.46. The van der Waals surface area contributed by atoms with Crippen molar-refractivity contribution in [2.24, 2.45) is 0 Å². The zero-order valence-electron chi connectivity index (χ0n) is 17.2. The Morgan fingerprint density at radius 1 is 1.10 bits per heavy atom. The van der Waals surface area contributed by atoms with E-state index in [1.54, 1.807) is 12.1 Å². The first-order valence-electron chi connectivity index (χ1n) is 10.2. The van der Waals surface area contributed by atoms with Crippen molar-refractivity contribution in [1.29, 1.82) is 0 Å². The lowest BCUT2D eigenvalue weighted by atomic mass is 9.78. The van der Waals surface area contributed by atoms with E-state index < -0.39 is 30.0 Å². The van der Waals surface area contributed by atoms with Gasteiger partial charge in [0.2, 0.25) is 0 Å². The lowest BCUT2D eigenvalue weighted by Gasteiger charge is -2.57. The van der Waals surface area contributed by atoms with Crippen LogP contribution in [0.1, 0.15) is 29.7 Å². The summed E-state index contributed by atoms with van der Waals surface area (Å²) in [6.45, 7) is 3.57. The van der Waals surface area contributed by atoms with Gasteiger partial charge in [-0.05, 0) is 55.3 Å². The van der Waals surface area contributed by atoms with Gasteiger partial charge in [0.15, 0.2) is 0 Å². The van der Waals surface area contributed by atoms with E-state index >= 15 is 0 Å². The lowest BCUT2D eigenvalue weighted by molar-refractivity contribution is -0.304. The molecule has 6 nitrogen and oxygen atoms in total. The second kappa shape index (κ2) is 8.46. The average molecular weight is 434 g/mol. The van der Waals surface area contributed by atoms with Gasteiger partial charge in [0.1, 0.15) is 35.8 Å². The fraction of sp³-hybridized carbons (Fsp3) is 0.478. The molecule has 2 heterocycles. The fourth-order valence-corrected chi connectivity index (χ4v) is 4.65. The van der Waals surface area contributed by atoms with Crippen molar-refractivity contribution >= 4 is 11.6 Å². The number of nitrogens with zero attached hydrogens (tertiary/aromatic N) is 1. The molecule has 0 aromatic heterocycles. The van der Waals surface area contributed by atoms with Gasteiger partial charge in [0.05, 0.1) is 6.61 Å². The van der Waals surface area contributed by atoms with E-state index in [1.807, 2.05) is 49.2 Å². The van der Waals surface area contributed by atoms with Crippen LogP contribution in [-0.2, 0) is 11.2 Å². The van der Waals surface area contributed by atoms with Gasteiger partial charge < -0.3 is 29.7 Å². The molecule has 0 amide bonds. The molecule has 0 radical (unpaired) electrons. The summed E-state index contributed by atoms with van der Waals surface area (Å²) in [5, 5.41) is 32.2. The summed E-state index contributed by atoms with van der Waals surface area (Å²) >= 11 is 6.44. The molecule has 2 aliphatic rings. The number of rotatable bonds is 5. The molecule has 2 aromatic carbocycles. The zero-order valence-corrected chi connectivity index (χ0v) is 17.9. The van der Waals surface area contributed by atoms with Gasteiger partial charge in [0.25, 0.3) is 0 Å². The molecule has 7 heteroatoms. The molecule has 3 N–H and O–H groups in total. The zero-order chi connectivity index (χ0) is 21.5. The third kappa shape index (κ3) is 3.96. The molecular formula is C23H28ClNO5. The second-order valence-electron chi connectivity index (χ2n) is 8.31. The van der Waals surface area contributed by atoms with Crippen LogP contribution in [-0.4, -0.2) is 70.9 Å². The summed E-state index contributed by atoms with van der Waals surface area (Å²) in [6.07, 6.45) is -3.76. The summed E-state index contributed by atoms with van der Waals surface area (Å²) in [6, 6.07) is 13.4. The van der Waals surface area contributed by atoms with E-state index in [1.165, 1.54) is 0 Å². The Labute approximate surface area is 181 Å². The van der Waals surface area contributed by atoms with Gasteiger partial charge >= 0.3 is 0 Å². The maximum absolute atomic E-state index is 10.6. The highest BCUT2D eigenvalue weighted by Gasteiger charge is 2.58. The summed E-state index contributed by atoms with van der Waals surface area (Å²) in [5.74, 6) is 0.822. The molecule has 0 aliphatic carbocycles. The van der Waals surface area contributed by atoms with Gasteiger partial charge in [-0.2, -0.15) is 0 Å². The highest BCUT2D eigenvalue weighted by atomic mass is 35.5. The molecule has 1 spiro atoms. The van der Waals surface area contributed by atoms with E-state index in [0.717, 1.165) is 22.4 Å². The monoisotopic (exact) mass is 433 g/mol. The number of hydrogen-bond donors (Lipinski definition) is 3. The first-order valence-corrected chi connectivity index (χ1v) is 10.6. The van der Waals surface area contributed by atoms with Crippen molar-refractivity contribution < 1.29 is 24.8 Å². The highest BCUT2D eigenvalue weighted by molar-refractivity contribution is 6.31. The molecule has 30 heavy (non-hydrogen) atoms. The first kappa shape index (κ1) is 21.6. The normalized spacial score (nSPS) is 28.3. The quantitative estimate of drug-likeness (QED) is 0.670. The minimum absolute atomic E-state index is 0.501. The third-order valence-electron chi connectivity index (χ3n) is 5.99. The van der Waals surface area contributed by atoms with E-state index in [-0.39, 0.29) is 0 Å². The molecule has 2 aromatic rings. The average Bonchev–Trinajstić information content (AvgIpc) is 2.71. The number of aliphatic hydroxyl groups is 3. The minimum atomic E-state index is -1.28. The molecule has 2 fully saturated rings. The SMILES string of the molecule is CCOc1ccc(Cc2cc([C@@H]3OC4(CN(C)C4)[C@@H](O)[C@H](O)[C@H]3O)ccc2Cl)cc1. The number of aliphatic hydroxyl groups excluding tert-OH is 3. The standard InChI is InChI=1S/C23H28ClNO5/c1-3-29-17-7-4-14(5-8-17)10-16-11-15(6-9-18(16)24)21-19(26)20(27)22(28)23(30-21)12-25(2)13-23/h4-9,11,19-22,26-28H,3,10,12-13H2,1-2H3/t19-,20-,21+,22+/m1/s1. The Morgan fingerprint density at radius 3 is 2.43 bits per heavy atom. The van der Waals surface area contributed by atoms with Crippen LogP contribution in [0.3, 0.4) is 0 Å². The summed E-state index contributed by atoms with van der Waals surface area (Å²) in [5.41, 5.74) is 1.84. The molecule has 4 atom stereocenters. The second-order valence-corrected chi connectivity index (χ2v) is 8.71. The largest absolute Gasteiger partial charge is 0.494 e. The molecular weight excluding hydrogens is 406 g/mol. The molecule has 2 aliphatic heterocycles. The predicted octanol–water partition coefficient (Wildman–Crippen LogP) is 2.17. The van der Waals surface area contributed by atoms with Crippen LogP contribution in [0, 0.1) is 0 Å². The summed E-state index contributed by atoms with van der Waals surface area (Å²) < 4.78 is 11.7. The van der Waals surface area contributed by atoms with Crippen molar-refractivity contribution in [2.75, 3.05) is 26.7 Å². The number of halogens is 1. The van der Waals surface area contributed by atoms with E-state index in [9.17, 15) is 15.3 Å². The summed E-state index contributed by atoms with van der Waals surface area (Å²) in [7, 11) is 1.92. The van der Waals surface area contributed by atoms with Crippen LogP contribution < -0.4 is 4.74 Å². The van der Waals surface area contributed by atoms with Crippen LogP contribution in [0.2, 0.25) is 5.02 Å². The first-order chi connectivity index (χ1) is 14.3. The smallest absolute Gasteiger partial charge is 0.123 e. The maximum Gasteiger partial charge on any atom is 0.123 e. The predicted molar refractivity (Wildman–Crippen MR) is 114 cm³/mol. The number of benzene rings is 2. The van der Waals surface area contributed by atoms with E-state index in [2.05, 4.69) is 0 Å². The molecule has 0 saturated carbocycles.